The largest absolute Gasteiger partial charge is 0.354 e. The fourth-order valence-electron chi connectivity index (χ4n) is 9.25. The molecule has 12 aromatic rings. The summed E-state index contributed by atoms with van der Waals surface area (Å²) < 4.78 is 4.81. The molecular weight excluding hydrogens is 691 g/mol. The molecule has 266 valence electrons. The highest BCUT2D eigenvalue weighted by molar-refractivity contribution is 6.15. The maximum absolute atomic E-state index is 3.60. The third-order valence-corrected chi connectivity index (χ3v) is 11.9. The van der Waals surface area contributed by atoms with Gasteiger partial charge in [0, 0.05) is 54.7 Å². The first-order chi connectivity index (χ1) is 28.3. The number of nitrogens with one attached hydrogen (secondary N) is 1. The first-order valence-electron chi connectivity index (χ1n) is 19.6. The third-order valence-electron chi connectivity index (χ3n) is 11.9. The maximum Gasteiger partial charge on any atom is 0.0541 e. The smallest absolute Gasteiger partial charge is 0.0541 e. The molecule has 3 heterocycles. The predicted molar refractivity (Wildman–Crippen MR) is 241 cm³/mol. The fraction of sp³-hybridized carbons (Fsp3) is 0. The summed E-state index contributed by atoms with van der Waals surface area (Å²) in [6.45, 7) is 0. The minimum Gasteiger partial charge on any atom is -0.354 e. The highest BCUT2D eigenvalue weighted by Gasteiger charge is 2.17. The van der Waals surface area contributed by atoms with Gasteiger partial charge in [0.1, 0.15) is 0 Å². The Balaban J connectivity index is 0.965. The number of fused-ring (bicyclic) bond motifs is 9. The lowest BCUT2D eigenvalue weighted by molar-refractivity contribution is 1.18. The summed E-state index contributed by atoms with van der Waals surface area (Å²) in [5.41, 5.74) is 16.7. The van der Waals surface area contributed by atoms with E-state index in [-0.39, 0.29) is 0 Å². The van der Waals surface area contributed by atoms with Crippen molar-refractivity contribution in [2.75, 3.05) is 0 Å². The highest BCUT2D eigenvalue weighted by atomic mass is 15.0. The van der Waals surface area contributed by atoms with E-state index in [1.54, 1.807) is 0 Å². The monoisotopic (exact) mass is 725 g/mol. The van der Waals surface area contributed by atoms with E-state index in [0.717, 1.165) is 22.4 Å². The number of aromatic nitrogens is 3. The van der Waals surface area contributed by atoms with Gasteiger partial charge in [-0.15, -0.1) is 0 Å². The van der Waals surface area contributed by atoms with Crippen molar-refractivity contribution >= 4 is 65.4 Å². The van der Waals surface area contributed by atoms with Crippen molar-refractivity contribution in [1.29, 1.82) is 0 Å². The van der Waals surface area contributed by atoms with Crippen LogP contribution in [0.3, 0.4) is 0 Å². The SMILES string of the molecule is c1ccc(-c2cccc(-n3c4ccccc4c4cc(-c5ccc6c(c5)c5ccccc5n6-c5ccc(-c6cccc7[nH]c8ccccc8c67)cc5)ccc43)c2)cc1. The van der Waals surface area contributed by atoms with Crippen LogP contribution in [-0.4, -0.2) is 14.1 Å². The van der Waals surface area contributed by atoms with E-state index in [2.05, 4.69) is 220 Å². The Hall–Kier alpha value is -7.62. The van der Waals surface area contributed by atoms with E-state index >= 15 is 0 Å². The number of benzene rings is 9. The first-order valence-corrected chi connectivity index (χ1v) is 19.6. The maximum atomic E-state index is 3.60. The van der Waals surface area contributed by atoms with Crippen LogP contribution < -0.4 is 0 Å². The van der Waals surface area contributed by atoms with E-state index in [1.165, 1.54) is 87.8 Å². The van der Waals surface area contributed by atoms with Crippen LogP contribution in [0.15, 0.2) is 206 Å². The van der Waals surface area contributed by atoms with Gasteiger partial charge in [-0.1, -0.05) is 133 Å². The van der Waals surface area contributed by atoms with Crippen molar-refractivity contribution in [3.05, 3.63) is 206 Å². The molecule has 0 aliphatic heterocycles. The molecule has 3 nitrogen and oxygen atoms in total. The van der Waals surface area contributed by atoms with Crippen molar-refractivity contribution in [2.45, 2.75) is 0 Å². The Bertz CT molecular complexity index is 3510. The van der Waals surface area contributed by atoms with Gasteiger partial charge in [0.2, 0.25) is 0 Å². The first kappa shape index (κ1) is 31.7. The molecule has 1 N–H and O–H groups in total. The Morgan fingerprint density at radius 3 is 1.49 bits per heavy atom. The van der Waals surface area contributed by atoms with E-state index in [1.807, 2.05) is 0 Å². The molecule has 3 heteroatoms. The van der Waals surface area contributed by atoms with Crippen LogP contribution in [0, 0.1) is 0 Å². The zero-order chi connectivity index (χ0) is 37.5. The second kappa shape index (κ2) is 12.5. The molecule has 57 heavy (non-hydrogen) atoms. The lowest BCUT2D eigenvalue weighted by Gasteiger charge is -2.11. The van der Waals surface area contributed by atoms with Gasteiger partial charge in [-0.05, 0) is 106 Å². The molecule has 0 aliphatic rings. The molecule has 12 rings (SSSR count). The summed E-state index contributed by atoms with van der Waals surface area (Å²) >= 11 is 0. The number of rotatable bonds is 5. The number of para-hydroxylation sites is 3. The van der Waals surface area contributed by atoms with Gasteiger partial charge < -0.3 is 14.1 Å². The number of hydrogen-bond donors (Lipinski definition) is 1. The topological polar surface area (TPSA) is 25.6 Å². The van der Waals surface area contributed by atoms with Crippen molar-refractivity contribution in [2.24, 2.45) is 0 Å². The Morgan fingerprint density at radius 2 is 0.789 bits per heavy atom. The van der Waals surface area contributed by atoms with Gasteiger partial charge in [-0.3, -0.25) is 0 Å². The molecule has 0 saturated heterocycles. The average molecular weight is 726 g/mol. The summed E-state index contributed by atoms with van der Waals surface area (Å²) in [6.07, 6.45) is 0. The van der Waals surface area contributed by atoms with Gasteiger partial charge in [0.15, 0.2) is 0 Å². The summed E-state index contributed by atoms with van der Waals surface area (Å²) in [7, 11) is 0. The molecule has 0 atom stereocenters. The summed E-state index contributed by atoms with van der Waals surface area (Å²) in [5, 5.41) is 7.52. The Morgan fingerprint density at radius 1 is 0.281 bits per heavy atom. The van der Waals surface area contributed by atoms with Crippen molar-refractivity contribution in [3.63, 3.8) is 0 Å². The summed E-state index contributed by atoms with van der Waals surface area (Å²) in [4.78, 5) is 3.60. The minimum atomic E-state index is 1.15. The molecule has 0 spiro atoms. The van der Waals surface area contributed by atoms with Crippen molar-refractivity contribution in [3.8, 4) is 44.8 Å². The minimum absolute atomic E-state index is 1.15. The molecule has 0 unspecified atom stereocenters. The summed E-state index contributed by atoms with van der Waals surface area (Å²) in [6, 6.07) is 75.2. The van der Waals surface area contributed by atoms with E-state index in [4.69, 9.17) is 0 Å². The molecular formula is C54H35N3. The standard InChI is InChI=1S/C54H35N3/c1-2-12-35(13-3-1)37-14-10-15-41(32-37)57-51-23-9-6-17-44(51)47-34-39(27-31-53(47)57)38-26-30-52-46(33-38)43-16-5-8-22-50(43)56(52)40-28-24-36(25-29-40)42-19-11-21-49-54(42)45-18-4-7-20-48(45)55-49/h1-34,55H. The molecule has 0 aliphatic carbocycles. The average Bonchev–Trinajstić information content (AvgIpc) is 3.94. The van der Waals surface area contributed by atoms with Gasteiger partial charge in [-0.25, -0.2) is 0 Å². The second-order valence-corrected chi connectivity index (χ2v) is 15.0. The normalized spacial score (nSPS) is 11.9. The van der Waals surface area contributed by atoms with Crippen molar-refractivity contribution < 1.29 is 0 Å². The molecule has 0 amide bonds. The zero-order valence-electron chi connectivity index (χ0n) is 31.0. The van der Waals surface area contributed by atoms with Crippen LogP contribution in [-0.2, 0) is 0 Å². The number of nitrogens with zero attached hydrogens (tertiary/aromatic N) is 2. The van der Waals surface area contributed by atoms with Gasteiger partial charge >= 0.3 is 0 Å². The number of aromatic amines is 1. The lowest BCUT2D eigenvalue weighted by Crippen LogP contribution is -1.94. The Labute approximate surface area is 329 Å². The quantitative estimate of drug-likeness (QED) is 0.183. The van der Waals surface area contributed by atoms with Crippen LogP contribution in [0.2, 0.25) is 0 Å². The van der Waals surface area contributed by atoms with Gasteiger partial charge in [-0.2, -0.15) is 0 Å². The molecule has 3 aromatic heterocycles. The lowest BCUT2D eigenvalue weighted by atomic mass is 9.99. The van der Waals surface area contributed by atoms with Gasteiger partial charge in [0.25, 0.3) is 0 Å². The molecule has 0 fully saturated rings. The highest BCUT2D eigenvalue weighted by Crippen LogP contribution is 2.40. The molecule has 9 aromatic carbocycles. The molecule has 0 radical (unpaired) electrons. The third kappa shape index (κ3) is 4.92. The second-order valence-electron chi connectivity index (χ2n) is 15.0. The number of H-pyrrole nitrogens is 1. The molecule has 0 saturated carbocycles. The van der Waals surface area contributed by atoms with E-state index in [0.29, 0.717) is 0 Å². The van der Waals surface area contributed by atoms with Crippen LogP contribution in [0.5, 0.6) is 0 Å². The predicted octanol–water partition coefficient (Wildman–Crippen LogP) is 14.5. The van der Waals surface area contributed by atoms with E-state index in [9.17, 15) is 0 Å². The van der Waals surface area contributed by atoms with Crippen LogP contribution >= 0.6 is 0 Å². The van der Waals surface area contributed by atoms with E-state index < -0.39 is 0 Å². The fourth-order valence-corrected chi connectivity index (χ4v) is 9.25. The number of hydrogen-bond acceptors (Lipinski definition) is 0. The van der Waals surface area contributed by atoms with Crippen LogP contribution in [0.1, 0.15) is 0 Å². The van der Waals surface area contributed by atoms with Crippen molar-refractivity contribution in [1.82, 2.24) is 14.1 Å². The van der Waals surface area contributed by atoms with Crippen LogP contribution in [0.25, 0.3) is 110 Å². The van der Waals surface area contributed by atoms with Gasteiger partial charge in [0.05, 0.1) is 22.1 Å². The van der Waals surface area contributed by atoms with Crippen LogP contribution in [0.4, 0.5) is 0 Å². The summed E-state index contributed by atoms with van der Waals surface area (Å²) in [5.74, 6) is 0. The zero-order valence-corrected chi connectivity index (χ0v) is 31.0. The molecule has 0 bridgehead atoms. The Kier molecular flexibility index (Phi) is 6.93.